The minimum absolute atomic E-state index is 0.326. The zero-order chi connectivity index (χ0) is 11.6. The molecular weight excluding hydrogens is 193 g/mol. The second-order valence-corrected chi connectivity index (χ2v) is 3.09. The SMILES string of the molecule is CC.Cc1ccc(F)c2nc(N)n(C)c12. The largest absolute Gasteiger partial charge is 0.369 e. The van der Waals surface area contributed by atoms with Crippen LogP contribution in [0.25, 0.3) is 11.0 Å². The lowest BCUT2D eigenvalue weighted by Crippen LogP contribution is -1.96. The Kier molecular flexibility index (Phi) is 3.29. The van der Waals surface area contributed by atoms with E-state index in [1.807, 2.05) is 20.8 Å². The molecule has 2 N–H and O–H groups in total. The average molecular weight is 209 g/mol. The second kappa shape index (κ2) is 4.29. The minimum atomic E-state index is -0.326. The lowest BCUT2D eigenvalue weighted by molar-refractivity contribution is 0.637. The van der Waals surface area contributed by atoms with E-state index in [0.29, 0.717) is 11.5 Å². The van der Waals surface area contributed by atoms with E-state index in [4.69, 9.17) is 5.73 Å². The molecule has 0 unspecified atom stereocenters. The van der Waals surface area contributed by atoms with Crippen LogP contribution in [-0.4, -0.2) is 9.55 Å². The molecule has 0 radical (unpaired) electrons. The predicted octanol–water partition coefficient (Wildman–Crippen LogP) is 2.63. The number of benzene rings is 1. The van der Waals surface area contributed by atoms with Crippen LogP contribution >= 0.6 is 0 Å². The lowest BCUT2D eigenvalue weighted by atomic mass is 10.2. The number of fused-ring (bicyclic) bond motifs is 1. The van der Waals surface area contributed by atoms with Gasteiger partial charge in [0.2, 0.25) is 5.95 Å². The number of hydrogen-bond donors (Lipinski definition) is 1. The first-order valence-corrected chi connectivity index (χ1v) is 4.98. The number of hydrogen-bond acceptors (Lipinski definition) is 2. The fraction of sp³-hybridized carbons (Fsp3) is 0.364. The van der Waals surface area contributed by atoms with Gasteiger partial charge in [-0.3, -0.25) is 0 Å². The van der Waals surface area contributed by atoms with Gasteiger partial charge in [-0.05, 0) is 18.6 Å². The lowest BCUT2D eigenvalue weighted by Gasteiger charge is -1.99. The highest BCUT2D eigenvalue weighted by Crippen LogP contribution is 2.22. The molecule has 0 saturated heterocycles. The van der Waals surface area contributed by atoms with Crippen molar-refractivity contribution in [3.8, 4) is 0 Å². The number of aryl methyl sites for hydroxylation is 2. The molecule has 82 valence electrons. The number of nitrogens with zero attached hydrogens (tertiary/aromatic N) is 2. The molecule has 0 spiro atoms. The average Bonchev–Trinajstić information content (AvgIpc) is 2.54. The number of imidazole rings is 1. The van der Waals surface area contributed by atoms with Crippen molar-refractivity contribution in [2.75, 3.05) is 5.73 Å². The van der Waals surface area contributed by atoms with Gasteiger partial charge in [-0.2, -0.15) is 0 Å². The van der Waals surface area contributed by atoms with Crippen molar-refractivity contribution in [1.82, 2.24) is 9.55 Å². The summed E-state index contributed by atoms with van der Waals surface area (Å²) in [6.07, 6.45) is 0. The van der Waals surface area contributed by atoms with E-state index in [-0.39, 0.29) is 5.82 Å². The summed E-state index contributed by atoms with van der Waals surface area (Å²) >= 11 is 0. The summed E-state index contributed by atoms with van der Waals surface area (Å²) in [5.41, 5.74) is 7.66. The highest BCUT2D eigenvalue weighted by molar-refractivity contribution is 5.82. The van der Waals surface area contributed by atoms with Gasteiger partial charge >= 0.3 is 0 Å². The number of rotatable bonds is 0. The van der Waals surface area contributed by atoms with Gasteiger partial charge in [0.25, 0.3) is 0 Å². The molecule has 0 fully saturated rings. The maximum atomic E-state index is 13.2. The summed E-state index contributed by atoms with van der Waals surface area (Å²) in [4.78, 5) is 3.94. The van der Waals surface area contributed by atoms with E-state index in [1.54, 1.807) is 17.7 Å². The van der Waals surface area contributed by atoms with Crippen LogP contribution in [0.3, 0.4) is 0 Å². The van der Waals surface area contributed by atoms with Crippen molar-refractivity contribution in [3.05, 3.63) is 23.5 Å². The third-order valence-corrected chi connectivity index (χ3v) is 2.21. The molecule has 3 nitrogen and oxygen atoms in total. The van der Waals surface area contributed by atoms with Crippen molar-refractivity contribution in [3.63, 3.8) is 0 Å². The Morgan fingerprint density at radius 1 is 1.33 bits per heavy atom. The smallest absolute Gasteiger partial charge is 0.201 e. The number of aromatic nitrogens is 2. The van der Waals surface area contributed by atoms with E-state index in [1.165, 1.54) is 6.07 Å². The van der Waals surface area contributed by atoms with E-state index in [9.17, 15) is 4.39 Å². The third-order valence-electron chi connectivity index (χ3n) is 2.21. The molecule has 2 aromatic rings. The molecule has 0 atom stereocenters. The summed E-state index contributed by atoms with van der Waals surface area (Å²) in [7, 11) is 1.77. The summed E-state index contributed by atoms with van der Waals surface area (Å²) in [5, 5.41) is 0. The van der Waals surface area contributed by atoms with Gasteiger partial charge in [-0.15, -0.1) is 0 Å². The first-order valence-electron chi connectivity index (χ1n) is 4.98. The van der Waals surface area contributed by atoms with Crippen molar-refractivity contribution >= 4 is 17.0 Å². The van der Waals surface area contributed by atoms with Crippen LogP contribution < -0.4 is 5.73 Å². The summed E-state index contributed by atoms with van der Waals surface area (Å²) < 4.78 is 14.9. The maximum Gasteiger partial charge on any atom is 0.201 e. The molecule has 0 aliphatic rings. The highest BCUT2D eigenvalue weighted by atomic mass is 19.1. The Bertz CT molecular complexity index is 474. The van der Waals surface area contributed by atoms with Crippen LogP contribution in [0.5, 0.6) is 0 Å². The van der Waals surface area contributed by atoms with Crippen molar-refractivity contribution < 1.29 is 4.39 Å². The number of halogens is 1. The number of nitrogens with two attached hydrogens (primary N) is 1. The van der Waals surface area contributed by atoms with Crippen LogP contribution in [0.1, 0.15) is 19.4 Å². The maximum absolute atomic E-state index is 13.2. The van der Waals surface area contributed by atoms with E-state index >= 15 is 0 Å². The molecule has 1 aromatic heterocycles. The molecule has 0 bridgehead atoms. The minimum Gasteiger partial charge on any atom is -0.369 e. The van der Waals surface area contributed by atoms with E-state index in [2.05, 4.69) is 4.98 Å². The predicted molar refractivity (Wildman–Crippen MR) is 61.2 cm³/mol. The van der Waals surface area contributed by atoms with Crippen LogP contribution in [-0.2, 0) is 7.05 Å². The van der Waals surface area contributed by atoms with Crippen LogP contribution in [0, 0.1) is 12.7 Å². The molecule has 2 rings (SSSR count). The summed E-state index contributed by atoms with van der Waals surface area (Å²) in [6.45, 7) is 5.91. The molecule has 15 heavy (non-hydrogen) atoms. The Morgan fingerprint density at radius 3 is 2.47 bits per heavy atom. The molecule has 1 heterocycles. The van der Waals surface area contributed by atoms with Gasteiger partial charge < -0.3 is 10.3 Å². The monoisotopic (exact) mass is 209 g/mol. The van der Waals surface area contributed by atoms with Crippen LogP contribution in [0.2, 0.25) is 0 Å². The van der Waals surface area contributed by atoms with Crippen LogP contribution in [0.15, 0.2) is 12.1 Å². The Morgan fingerprint density at radius 2 is 1.93 bits per heavy atom. The van der Waals surface area contributed by atoms with E-state index < -0.39 is 0 Å². The van der Waals surface area contributed by atoms with Crippen molar-refractivity contribution in [1.29, 1.82) is 0 Å². The normalized spacial score (nSPS) is 9.93. The van der Waals surface area contributed by atoms with Gasteiger partial charge in [0, 0.05) is 7.05 Å². The fourth-order valence-electron chi connectivity index (χ4n) is 1.49. The first-order chi connectivity index (χ1) is 7.11. The van der Waals surface area contributed by atoms with Crippen molar-refractivity contribution in [2.24, 2.45) is 7.05 Å². The molecule has 4 heteroatoms. The topological polar surface area (TPSA) is 43.8 Å². The Hall–Kier alpha value is -1.58. The molecule has 0 aliphatic heterocycles. The van der Waals surface area contributed by atoms with Gasteiger partial charge in [0.05, 0.1) is 5.52 Å². The van der Waals surface area contributed by atoms with Gasteiger partial charge in [0.1, 0.15) is 5.52 Å². The van der Waals surface area contributed by atoms with Crippen molar-refractivity contribution in [2.45, 2.75) is 20.8 Å². The molecule has 1 aromatic carbocycles. The molecule has 0 saturated carbocycles. The quantitative estimate of drug-likeness (QED) is 0.724. The zero-order valence-electron chi connectivity index (χ0n) is 9.50. The molecule has 0 aliphatic carbocycles. The first kappa shape index (κ1) is 11.5. The summed E-state index contributed by atoms with van der Waals surface area (Å²) in [6, 6.07) is 3.13. The van der Waals surface area contributed by atoms with Gasteiger partial charge in [-0.25, -0.2) is 9.37 Å². The van der Waals surface area contributed by atoms with Gasteiger partial charge in [0.15, 0.2) is 5.82 Å². The summed E-state index contributed by atoms with van der Waals surface area (Å²) in [5.74, 6) is 0.0103. The Labute approximate surface area is 88.7 Å². The fourth-order valence-corrected chi connectivity index (χ4v) is 1.49. The molecular formula is C11H16FN3. The van der Waals surface area contributed by atoms with E-state index in [0.717, 1.165) is 11.1 Å². The molecule has 0 amide bonds. The van der Waals surface area contributed by atoms with Gasteiger partial charge in [-0.1, -0.05) is 19.9 Å². The number of nitrogen functional groups attached to an aromatic ring is 1. The standard InChI is InChI=1S/C9H10FN3.C2H6/c1-5-3-4-6(10)7-8(5)13(2)9(11)12-7;1-2/h3-4H,1-2H3,(H2,11,12);1-2H3. The van der Waals surface area contributed by atoms with Crippen LogP contribution in [0.4, 0.5) is 10.3 Å². The second-order valence-electron chi connectivity index (χ2n) is 3.09. The highest BCUT2D eigenvalue weighted by Gasteiger charge is 2.10. The third kappa shape index (κ3) is 1.79. The number of anilines is 1. The Balaban J connectivity index is 0.000000531. The zero-order valence-corrected chi connectivity index (χ0v) is 9.50.